The van der Waals surface area contributed by atoms with E-state index in [1.165, 1.54) is 0 Å². The molecular formula is C20H23N3O4S2. The van der Waals surface area contributed by atoms with Crippen LogP contribution in [0.3, 0.4) is 0 Å². The highest BCUT2D eigenvalue weighted by Gasteiger charge is 2.21. The number of anilines is 1. The van der Waals surface area contributed by atoms with Crippen molar-refractivity contribution < 1.29 is 13.2 Å². The van der Waals surface area contributed by atoms with Crippen molar-refractivity contribution in [3.05, 3.63) is 63.8 Å². The van der Waals surface area contributed by atoms with Gasteiger partial charge in [-0.25, -0.2) is 8.42 Å². The van der Waals surface area contributed by atoms with Gasteiger partial charge >= 0.3 is 4.87 Å². The first-order valence-electron chi connectivity index (χ1n) is 9.09. The van der Waals surface area contributed by atoms with Crippen LogP contribution in [0.25, 0.3) is 10.2 Å². The fourth-order valence-electron chi connectivity index (χ4n) is 3.04. The van der Waals surface area contributed by atoms with Gasteiger partial charge in [0.05, 0.1) is 23.0 Å². The zero-order valence-corrected chi connectivity index (χ0v) is 18.1. The lowest BCUT2D eigenvalue weighted by Crippen LogP contribution is -2.36. The number of fused-ring (bicyclic) bond motifs is 1. The molecule has 7 nitrogen and oxygen atoms in total. The van der Waals surface area contributed by atoms with E-state index < -0.39 is 15.9 Å². The summed E-state index contributed by atoms with van der Waals surface area (Å²) < 4.78 is 27.8. The summed E-state index contributed by atoms with van der Waals surface area (Å²) in [5, 5.41) is 2.73. The number of nitrogens with one attached hydrogen (secondary N) is 1. The van der Waals surface area contributed by atoms with Crippen LogP contribution in [0, 0.1) is 0 Å². The number of thiazole rings is 1. The molecule has 0 fully saturated rings. The van der Waals surface area contributed by atoms with E-state index in [1.54, 1.807) is 22.8 Å². The number of carbonyl (C=O) groups excluding carboxylic acids is 1. The Bertz CT molecular complexity index is 1180. The monoisotopic (exact) mass is 433 g/mol. The van der Waals surface area contributed by atoms with Gasteiger partial charge in [0.1, 0.15) is 0 Å². The molecule has 3 rings (SSSR count). The molecule has 3 aromatic rings. The second-order valence-electron chi connectivity index (χ2n) is 7.08. The van der Waals surface area contributed by atoms with E-state index in [0.29, 0.717) is 5.69 Å². The maximum Gasteiger partial charge on any atom is 0.308 e. The molecule has 2 aromatic carbocycles. The van der Waals surface area contributed by atoms with Gasteiger partial charge in [0.2, 0.25) is 15.9 Å². The number of sulfonamides is 1. The molecule has 0 aliphatic rings. The smallest absolute Gasteiger partial charge is 0.308 e. The van der Waals surface area contributed by atoms with Gasteiger partial charge in [-0.3, -0.25) is 14.2 Å². The van der Waals surface area contributed by atoms with Gasteiger partial charge in [-0.2, -0.15) is 4.31 Å². The summed E-state index contributed by atoms with van der Waals surface area (Å²) in [5.41, 5.74) is 2.13. The third-order valence-electron chi connectivity index (χ3n) is 4.40. The van der Waals surface area contributed by atoms with Crippen LogP contribution in [-0.4, -0.2) is 36.0 Å². The van der Waals surface area contributed by atoms with E-state index in [1.807, 2.05) is 44.2 Å². The standard InChI is InChI=1S/C20H23N3O4S2/c1-14(2)23-17-10-9-16(11-18(17)28-20(23)25)21-19(24)13-22(29(3,26)27)12-15-7-5-4-6-8-15/h4-11,14H,12-13H2,1-3H3,(H,21,24). The summed E-state index contributed by atoms with van der Waals surface area (Å²) in [4.78, 5) is 24.6. The van der Waals surface area contributed by atoms with E-state index >= 15 is 0 Å². The molecule has 0 spiro atoms. The molecule has 29 heavy (non-hydrogen) atoms. The molecule has 1 N–H and O–H groups in total. The van der Waals surface area contributed by atoms with E-state index in [0.717, 1.165) is 37.7 Å². The minimum Gasteiger partial charge on any atom is -0.325 e. The van der Waals surface area contributed by atoms with Crippen molar-refractivity contribution in [2.45, 2.75) is 26.4 Å². The molecule has 0 saturated heterocycles. The first-order chi connectivity index (χ1) is 13.6. The Balaban J connectivity index is 1.77. The third-order valence-corrected chi connectivity index (χ3v) is 6.52. The van der Waals surface area contributed by atoms with Crippen LogP contribution in [-0.2, 0) is 21.4 Å². The number of amides is 1. The van der Waals surface area contributed by atoms with Crippen LogP contribution < -0.4 is 10.2 Å². The summed E-state index contributed by atoms with van der Waals surface area (Å²) >= 11 is 1.12. The Morgan fingerprint density at radius 3 is 2.48 bits per heavy atom. The fourth-order valence-corrected chi connectivity index (χ4v) is 4.83. The van der Waals surface area contributed by atoms with Gasteiger partial charge in [-0.05, 0) is 37.6 Å². The lowest BCUT2D eigenvalue weighted by molar-refractivity contribution is -0.116. The molecule has 0 unspecified atom stereocenters. The van der Waals surface area contributed by atoms with E-state index in [2.05, 4.69) is 5.32 Å². The molecule has 0 radical (unpaired) electrons. The summed E-state index contributed by atoms with van der Waals surface area (Å²) in [6, 6.07) is 14.4. The highest BCUT2D eigenvalue weighted by Crippen LogP contribution is 2.24. The quantitative estimate of drug-likeness (QED) is 0.620. The van der Waals surface area contributed by atoms with Gasteiger partial charge in [0.15, 0.2) is 0 Å². The number of rotatable bonds is 7. The summed E-state index contributed by atoms with van der Waals surface area (Å²) in [6.45, 7) is 3.70. The molecule has 0 aliphatic heterocycles. The molecule has 1 amide bonds. The Labute approximate surface area is 173 Å². The molecule has 1 aromatic heterocycles. The zero-order chi connectivity index (χ0) is 21.2. The van der Waals surface area contributed by atoms with Crippen molar-refractivity contribution in [1.29, 1.82) is 0 Å². The van der Waals surface area contributed by atoms with Gasteiger partial charge in [-0.1, -0.05) is 41.7 Å². The predicted octanol–water partition coefficient (Wildman–Crippen LogP) is 3.04. The summed E-state index contributed by atoms with van der Waals surface area (Å²) in [7, 11) is -3.57. The van der Waals surface area contributed by atoms with Gasteiger partial charge in [-0.15, -0.1) is 0 Å². The third kappa shape index (κ3) is 5.11. The first-order valence-corrected chi connectivity index (χ1v) is 11.8. The van der Waals surface area contributed by atoms with E-state index in [9.17, 15) is 18.0 Å². The van der Waals surface area contributed by atoms with Crippen molar-refractivity contribution in [1.82, 2.24) is 8.87 Å². The van der Waals surface area contributed by atoms with Crippen molar-refractivity contribution in [2.24, 2.45) is 0 Å². The average Bonchev–Trinajstić information content (AvgIpc) is 2.96. The Kier molecular flexibility index (Phi) is 6.21. The predicted molar refractivity (Wildman–Crippen MR) is 117 cm³/mol. The summed E-state index contributed by atoms with van der Waals surface area (Å²) in [5.74, 6) is -0.443. The lowest BCUT2D eigenvalue weighted by Gasteiger charge is -2.19. The molecule has 9 heteroatoms. The normalized spacial score (nSPS) is 12.0. The number of benzene rings is 2. The molecule has 0 aliphatic carbocycles. The van der Waals surface area contributed by atoms with Gasteiger partial charge < -0.3 is 5.32 Å². The van der Waals surface area contributed by atoms with Crippen molar-refractivity contribution in [2.75, 3.05) is 18.1 Å². The second-order valence-corrected chi connectivity index (χ2v) is 10.1. The number of nitrogens with zero attached hydrogens (tertiary/aromatic N) is 2. The van der Waals surface area contributed by atoms with Crippen LogP contribution >= 0.6 is 11.3 Å². The first kappa shape index (κ1) is 21.2. The number of hydrogen-bond acceptors (Lipinski definition) is 5. The van der Waals surface area contributed by atoms with Crippen molar-refractivity contribution >= 4 is 43.2 Å². The maximum absolute atomic E-state index is 12.5. The van der Waals surface area contributed by atoms with Gasteiger partial charge in [0, 0.05) is 18.3 Å². The molecular weight excluding hydrogens is 410 g/mol. The molecule has 1 heterocycles. The molecule has 0 saturated carbocycles. The minimum atomic E-state index is -3.57. The zero-order valence-electron chi connectivity index (χ0n) is 16.5. The highest BCUT2D eigenvalue weighted by atomic mass is 32.2. The SMILES string of the molecule is CC(C)n1c(=O)sc2cc(NC(=O)CN(Cc3ccccc3)S(C)(=O)=O)ccc21. The average molecular weight is 434 g/mol. The van der Waals surface area contributed by atoms with Crippen molar-refractivity contribution in [3.63, 3.8) is 0 Å². The minimum absolute atomic E-state index is 0.0398. The number of carbonyl (C=O) groups is 1. The van der Waals surface area contributed by atoms with Crippen LogP contribution in [0.2, 0.25) is 0 Å². The lowest BCUT2D eigenvalue weighted by atomic mass is 10.2. The summed E-state index contributed by atoms with van der Waals surface area (Å²) in [6.07, 6.45) is 1.08. The van der Waals surface area contributed by atoms with Crippen molar-refractivity contribution in [3.8, 4) is 0 Å². The second kappa shape index (κ2) is 8.48. The fraction of sp³-hybridized carbons (Fsp3) is 0.300. The number of aromatic nitrogens is 1. The topological polar surface area (TPSA) is 88.5 Å². The Morgan fingerprint density at radius 2 is 1.86 bits per heavy atom. The van der Waals surface area contributed by atoms with Crippen LogP contribution in [0.1, 0.15) is 25.5 Å². The molecule has 154 valence electrons. The highest BCUT2D eigenvalue weighted by molar-refractivity contribution is 7.88. The maximum atomic E-state index is 12.5. The Morgan fingerprint density at radius 1 is 1.17 bits per heavy atom. The molecule has 0 atom stereocenters. The van der Waals surface area contributed by atoms with E-state index in [4.69, 9.17) is 0 Å². The largest absolute Gasteiger partial charge is 0.325 e. The Hall–Kier alpha value is -2.49. The van der Waals surface area contributed by atoms with E-state index in [-0.39, 0.29) is 24.0 Å². The molecule has 0 bridgehead atoms. The van der Waals surface area contributed by atoms with Gasteiger partial charge in [0.25, 0.3) is 0 Å². The van der Waals surface area contributed by atoms with Crippen LogP contribution in [0.15, 0.2) is 53.3 Å². The van der Waals surface area contributed by atoms with Crippen LogP contribution in [0.5, 0.6) is 0 Å². The number of hydrogen-bond donors (Lipinski definition) is 1. The van der Waals surface area contributed by atoms with Crippen LogP contribution in [0.4, 0.5) is 5.69 Å².